The van der Waals surface area contributed by atoms with Crippen molar-refractivity contribution in [3.05, 3.63) is 52.6 Å². The Bertz CT molecular complexity index is 1250. The van der Waals surface area contributed by atoms with Crippen molar-refractivity contribution in [1.82, 2.24) is 0 Å². The maximum atomic E-state index is 13.5. The van der Waals surface area contributed by atoms with Gasteiger partial charge in [0, 0.05) is 29.6 Å². The van der Waals surface area contributed by atoms with Crippen molar-refractivity contribution >= 4 is 23.3 Å². The normalized spacial score (nSPS) is 33.1. The summed E-state index contributed by atoms with van der Waals surface area (Å²) in [5.41, 5.74) is 2.97. The molecule has 196 valence electrons. The van der Waals surface area contributed by atoms with Crippen LogP contribution in [0, 0.1) is 34.5 Å². The summed E-state index contributed by atoms with van der Waals surface area (Å²) in [6.45, 7) is 3.78. The Balaban J connectivity index is 1.70. The Labute approximate surface area is 221 Å². The van der Waals surface area contributed by atoms with Gasteiger partial charge in [0.2, 0.25) is 0 Å². The first-order valence-electron chi connectivity index (χ1n) is 13.3. The molecule has 1 aromatic carbocycles. The Morgan fingerprint density at radius 1 is 1.14 bits per heavy atom. The standard InChI is InChI=1S/C31H33F3O2S/c1-4-27(36)30(15-16-31(32,33)34)14-13-26-24-11-7-20-17-21(35)8-12-23(20)28(24)25(18-29(26,30)2)19-5-9-22(37-3)10-6-19/h5-6,9-10,17,24-26H,4,7-8,11-14,18H2,1-3H3/t24-,25+,26-,29-,30-/m0/s1. The van der Waals surface area contributed by atoms with Crippen LogP contribution in [-0.2, 0) is 9.59 Å². The average Bonchev–Trinajstić information content (AvgIpc) is 3.18. The molecule has 0 unspecified atom stereocenters. The zero-order valence-electron chi connectivity index (χ0n) is 21.6. The van der Waals surface area contributed by atoms with Gasteiger partial charge in [0.05, 0.1) is 5.41 Å². The molecule has 2 fully saturated rings. The molecule has 0 N–H and O–H groups in total. The van der Waals surface area contributed by atoms with Crippen LogP contribution in [-0.4, -0.2) is 24.0 Å². The molecule has 0 aromatic heterocycles. The van der Waals surface area contributed by atoms with Crippen LogP contribution in [0.1, 0.15) is 76.7 Å². The monoisotopic (exact) mass is 526 g/mol. The predicted octanol–water partition coefficient (Wildman–Crippen LogP) is 7.84. The highest BCUT2D eigenvalue weighted by Gasteiger charge is 2.65. The van der Waals surface area contributed by atoms with E-state index >= 15 is 0 Å². The Kier molecular flexibility index (Phi) is 6.76. The number of thioether (sulfide) groups is 1. The van der Waals surface area contributed by atoms with Crippen molar-refractivity contribution in [2.24, 2.45) is 22.7 Å². The van der Waals surface area contributed by atoms with Gasteiger partial charge in [-0.2, -0.15) is 13.2 Å². The molecule has 5 rings (SSSR count). The predicted molar refractivity (Wildman–Crippen MR) is 140 cm³/mol. The van der Waals surface area contributed by atoms with Crippen molar-refractivity contribution in [2.75, 3.05) is 6.26 Å². The summed E-state index contributed by atoms with van der Waals surface area (Å²) in [6, 6.07) is 8.47. The smallest absolute Gasteiger partial charge is 0.298 e. The summed E-state index contributed by atoms with van der Waals surface area (Å²) in [5, 5.41) is 0. The minimum atomic E-state index is -4.64. The summed E-state index contributed by atoms with van der Waals surface area (Å²) in [7, 11) is 0. The van der Waals surface area contributed by atoms with Gasteiger partial charge in [0.25, 0.3) is 0 Å². The van der Waals surface area contributed by atoms with Crippen molar-refractivity contribution in [3.63, 3.8) is 0 Å². The lowest BCUT2D eigenvalue weighted by Crippen LogP contribution is -2.50. The number of fused-ring (bicyclic) bond motifs is 4. The first kappa shape index (κ1) is 26.4. The fraction of sp³-hybridized carbons (Fsp3) is 0.548. The Morgan fingerprint density at radius 3 is 2.51 bits per heavy atom. The highest BCUT2D eigenvalue weighted by molar-refractivity contribution is 7.98. The van der Waals surface area contributed by atoms with E-state index in [-0.39, 0.29) is 35.7 Å². The average molecular weight is 527 g/mol. The minimum absolute atomic E-state index is 0.0103. The molecule has 1 aromatic rings. The van der Waals surface area contributed by atoms with Crippen LogP contribution in [0.15, 0.2) is 52.0 Å². The molecule has 0 radical (unpaired) electrons. The van der Waals surface area contributed by atoms with E-state index in [1.54, 1.807) is 18.7 Å². The molecular formula is C31H33F3O2S. The SMILES string of the molecule is CCC(=O)[C@@]1(C#CC(F)(F)F)CC[C@H]2[C@@H]3CCC4=CC(=O)CCC4=C3[C@@H](c3ccc(SC)cc3)C[C@@]21C. The van der Waals surface area contributed by atoms with E-state index in [1.165, 1.54) is 17.1 Å². The molecule has 5 atom stereocenters. The fourth-order valence-electron chi connectivity index (χ4n) is 8.04. The second-order valence-electron chi connectivity index (χ2n) is 11.2. The van der Waals surface area contributed by atoms with Gasteiger partial charge in [-0.25, -0.2) is 0 Å². The molecule has 6 heteroatoms. The third-order valence-electron chi connectivity index (χ3n) is 9.66. The molecule has 2 saturated carbocycles. The molecule has 2 nitrogen and oxygen atoms in total. The van der Waals surface area contributed by atoms with E-state index in [2.05, 4.69) is 30.2 Å². The van der Waals surface area contributed by atoms with Crippen LogP contribution < -0.4 is 0 Å². The van der Waals surface area contributed by atoms with Gasteiger partial charge in [-0.3, -0.25) is 9.59 Å². The van der Waals surface area contributed by atoms with Crippen LogP contribution in [0.25, 0.3) is 0 Å². The molecule has 0 amide bonds. The fourth-order valence-corrected chi connectivity index (χ4v) is 8.44. The molecule has 0 spiro atoms. The zero-order chi connectivity index (χ0) is 26.6. The van der Waals surface area contributed by atoms with Crippen molar-refractivity contribution in [2.45, 2.75) is 82.2 Å². The minimum Gasteiger partial charge on any atom is -0.298 e. The van der Waals surface area contributed by atoms with E-state index < -0.39 is 17.0 Å². The van der Waals surface area contributed by atoms with Crippen LogP contribution in [0.2, 0.25) is 0 Å². The highest BCUT2D eigenvalue weighted by atomic mass is 32.2. The van der Waals surface area contributed by atoms with Crippen molar-refractivity contribution in [1.29, 1.82) is 0 Å². The quantitative estimate of drug-likeness (QED) is 0.296. The number of Topliss-reactive ketones (excluding diaryl/α,β-unsaturated/α-hetero) is 1. The molecule has 0 aliphatic heterocycles. The third-order valence-corrected chi connectivity index (χ3v) is 10.4. The van der Waals surface area contributed by atoms with Gasteiger partial charge in [0.1, 0.15) is 0 Å². The number of ketones is 2. The summed E-state index contributed by atoms with van der Waals surface area (Å²) >= 11 is 1.67. The van der Waals surface area contributed by atoms with Gasteiger partial charge < -0.3 is 0 Å². The lowest BCUT2D eigenvalue weighted by atomic mass is 9.48. The number of carbonyl (C=O) groups excluding carboxylic acids is 2. The summed E-state index contributed by atoms with van der Waals surface area (Å²) in [6.07, 6.45) is 3.96. The molecular weight excluding hydrogens is 493 g/mol. The van der Waals surface area contributed by atoms with Crippen LogP contribution >= 0.6 is 11.8 Å². The van der Waals surface area contributed by atoms with E-state index in [0.717, 1.165) is 35.3 Å². The third kappa shape index (κ3) is 4.32. The molecule has 37 heavy (non-hydrogen) atoms. The largest absolute Gasteiger partial charge is 0.457 e. The number of allylic oxidation sites excluding steroid dienone is 4. The van der Waals surface area contributed by atoms with E-state index in [9.17, 15) is 22.8 Å². The van der Waals surface area contributed by atoms with Crippen LogP contribution in [0.4, 0.5) is 13.2 Å². The maximum absolute atomic E-state index is 13.5. The van der Waals surface area contributed by atoms with Gasteiger partial charge in [0.15, 0.2) is 11.6 Å². The summed E-state index contributed by atoms with van der Waals surface area (Å²) in [5.74, 6) is 4.39. The van der Waals surface area contributed by atoms with E-state index in [4.69, 9.17) is 0 Å². The van der Waals surface area contributed by atoms with Crippen LogP contribution in [0.5, 0.6) is 0 Å². The number of hydrogen-bond acceptors (Lipinski definition) is 3. The Hall–Kier alpha value is -2.26. The second-order valence-corrected chi connectivity index (χ2v) is 12.1. The van der Waals surface area contributed by atoms with E-state index in [0.29, 0.717) is 25.7 Å². The number of halogens is 3. The topological polar surface area (TPSA) is 34.1 Å². The summed E-state index contributed by atoms with van der Waals surface area (Å²) < 4.78 is 40.1. The van der Waals surface area contributed by atoms with Gasteiger partial charge >= 0.3 is 6.18 Å². The zero-order valence-corrected chi connectivity index (χ0v) is 22.5. The number of hydrogen-bond donors (Lipinski definition) is 0. The summed E-state index contributed by atoms with van der Waals surface area (Å²) in [4.78, 5) is 26.9. The second kappa shape index (κ2) is 9.49. The van der Waals surface area contributed by atoms with E-state index in [1.807, 2.05) is 19.3 Å². The first-order valence-corrected chi connectivity index (χ1v) is 14.5. The molecule has 4 aliphatic carbocycles. The van der Waals surface area contributed by atoms with Gasteiger partial charge in [-0.05, 0) is 96.9 Å². The highest BCUT2D eigenvalue weighted by Crippen LogP contribution is 2.69. The van der Waals surface area contributed by atoms with Crippen molar-refractivity contribution in [3.8, 4) is 11.8 Å². The first-order chi connectivity index (χ1) is 17.5. The maximum Gasteiger partial charge on any atom is 0.457 e. The molecule has 0 bridgehead atoms. The number of rotatable bonds is 4. The Morgan fingerprint density at radius 2 is 1.86 bits per heavy atom. The molecule has 0 heterocycles. The lowest BCUT2D eigenvalue weighted by molar-refractivity contribution is -0.132. The molecule has 4 aliphatic rings. The lowest BCUT2D eigenvalue weighted by Gasteiger charge is -2.54. The van der Waals surface area contributed by atoms with Crippen LogP contribution in [0.3, 0.4) is 0 Å². The number of carbonyl (C=O) groups is 2. The molecule has 0 saturated heterocycles. The van der Waals surface area contributed by atoms with Crippen molar-refractivity contribution < 1.29 is 22.8 Å². The van der Waals surface area contributed by atoms with Gasteiger partial charge in [-0.1, -0.05) is 37.5 Å². The number of benzene rings is 1. The number of alkyl halides is 3. The van der Waals surface area contributed by atoms with Gasteiger partial charge in [-0.15, -0.1) is 11.8 Å².